The van der Waals surface area contributed by atoms with Crippen LogP contribution in [0.25, 0.3) is 0 Å². The maximum absolute atomic E-state index is 8.63. The predicted octanol–water partition coefficient (Wildman–Crippen LogP) is 2.03. The van der Waals surface area contributed by atoms with Crippen molar-refractivity contribution in [2.75, 3.05) is 0 Å². The molecule has 0 heterocycles. The van der Waals surface area contributed by atoms with Crippen LogP contribution >= 0.6 is 0 Å². The first kappa shape index (κ1) is 16.0. The number of hydrogen-bond acceptors (Lipinski definition) is 4. The van der Waals surface area contributed by atoms with Gasteiger partial charge >= 0.3 is 0 Å². The van der Waals surface area contributed by atoms with Gasteiger partial charge in [0.05, 0.1) is 0 Å². The van der Waals surface area contributed by atoms with Gasteiger partial charge in [0.1, 0.15) is 11.5 Å². The zero-order valence-electron chi connectivity index (χ0n) is 10.4. The molecule has 98 valence electrons. The second kappa shape index (κ2) is 10.1. The molecule has 0 aliphatic heterocycles. The van der Waals surface area contributed by atoms with Crippen molar-refractivity contribution in [3.8, 4) is 11.5 Å². The van der Waals surface area contributed by atoms with Gasteiger partial charge in [-0.2, -0.15) is 0 Å². The Morgan fingerprint density at radius 1 is 0.722 bits per heavy atom. The van der Waals surface area contributed by atoms with Crippen LogP contribution < -0.4 is 11.5 Å². The van der Waals surface area contributed by atoms with Gasteiger partial charge in [-0.1, -0.05) is 36.4 Å². The van der Waals surface area contributed by atoms with Crippen LogP contribution in [-0.2, 0) is 0 Å². The molecule has 0 aliphatic carbocycles. The van der Waals surface area contributed by atoms with E-state index >= 15 is 0 Å². The van der Waals surface area contributed by atoms with Gasteiger partial charge in [0.25, 0.3) is 0 Å². The van der Waals surface area contributed by atoms with Crippen LogP contribution in [0.4, 0.5) is 0 Å². The van der Waals surface area contributed by atoms with Crippen LogP contribution in [-0.4, -0.2) is 16.4 Å². The van der Waals surface area contributed by atoms with Gasteiger partial charge in [-0.25, -0.2) is 0 Å². The number of nitrogens with two attached hydrogens (primary N) is 2. The summed E-state index contributed by atoms with van der Waals surface area (Å²) in [7, 11) is 0. The van der Waals surface area contributed by atoms with Crippen LogP contribution in [0.3, 0.4) is 0 Å². The maximum Gasteiger partial charge on any atom is 0.115 e. The molecule has 0 radical (unpaired) electrons. The molecule has 0 atom stereocenters. The molecule has 0 aliphatic rings. The van der Waals surface area contributed by atoms with E-state index < -0.39 is 0 Å². The second-order valence-corrected chi connectivity index (χ2v) is 3.53. The number of aromatic hydroxyl groups is 2. The van der Waals surface area contributed by atoms with Gasteiger partial charge in [0.2, 0.25) is 0 Å². The lowest BCUT2D eigenvalue weighted by molar-refractivity contribution is 0.475. The summed E-state index contributed by atoms with van der Waals surface area (Å²) in [6, 6.07) is 17.4. The summed E-state index contributed by atoms with van der Waals surface area (Å²) < 4.78 is 0. The third-order valence-corrected chi connectivity index (χ3v) is 1.51. The molecule has 0 unspecified atom stereocenters. The van der Waals surface area contributed by atoms with Crippen molar-refractivity contribution >= 4 is 0 Å². The van der Waals surface area contributed by atoms with Crippen molar-refractivity contribution in [1.82, 2.24) is 0 Å². The maximum atomic E-state index is 8.63. The Labute approximate surface area is 107 Å². The van der Waals surface area contributed by atoms with E-state index in [1.807, 2.05) is 12.1 Å². The topological polar surface area (TPSA) is 92.5 Å². The van der Waals surface area contributed by atoms with Crippen molar-refractivity contribution in [1.29, 1.82) is 0 Å². The highest BCUT2D eigenvalue weighted by atomic mass is 16.3. The Balaban J connectivity index is 0.000000253. The highest BCUT2D eigenvalue weighted by Crippen LogP contribution is 2.03. The molecule has 6 N–H and O–H groups in total. The number of phenols is 2. The Bertz CT molecular complexity index is 351. The molecule has 0 spiro atoms. The van der Waals surface area contributed by atoms with E-state index in [0.717, 1.165) is 0 Å². The minimum Gasteiger partial charge on any atom is -0.508 e. The summed E-state index contributed by atoms with van der Waals surface area (Å²) in [4.78, 5) is 0. The van der Waals surface area contributed by atoms with E-state index in [1.54, 1.807) is 55.5 Å². The molecule has 2 aromatic carbocycles. The van der Waals surface area contributed by atoms with E-state index in [1.165, 1.54) is 0 Å². The van der Waals surface area contributed by atoms with E-state index in [-0.39, 0.29) is 6.17 Å². The molecule has 0 aromatic heterocycles. The molecule has 2 rings (SSSR count). The summed E-state index contributed by atoms with van der Waals surface area (Å²) in [5, 5.41) is 17.3. The molecule has 2 aromatic rings. The molecular formula is C14H20N2O2. The van der Waals surface area contributed by atoms with Crippen molar-refractivity contribution in [3.63, 3.8) is 0 Å². The van der Waals surface area contributed by atoms with Crippen LogP contribution in [0.15, 0.2) is 60.7 Å². The molecule has 4 heteroatoms. The summed E-state index contributed by atoms with van der Waals surface area (Å²) in [5.74, 6) is 0.644. The third-order valence-electron chi connectivity index (χ3n) is 1.51. The van der Waals surface area contributed by atoms with Crippen molar-refractivity contribution < 1.29 is 10.2 Å². The highest BCUT2D eigenvalue weighted by molar-refractivity contribution is 5.19. The van der Waals surface area contributed by atoms with Gasteiger partial charge in [0, 0.05) is 6.17 Å². The van der Waals surface area contributed by atoms with Gasteiger partial charge < -0.3 is 21.7 Å². The number of rotatable bonds is 0. The minimum absolute atomic E-state index is 0.167. The minimum atomic E-state index is -0.167. The first-order chi connectivity index (χ1) is 8.52. The lowest BCUT2D eigenvalue weighted by Crippen LogP contribution is -2.25. The predicted molar refractivity (Wildman–Crippen MR) is 74.1 cm³/mol. The number of para-hydroxylation sites is 2. The number of benzene rings is 2. The van der Waals surface area contributed by atoms with E-state index in [4.69, 9.17) is 21.7 Å². The fraction of sp³-hybridized carbons (Fsp3) is 0.143. The van der Waals surface area contributed by atoms with Crippen LogP contribution in [0.5, 0.6) is 11.5 Å². The fourth-order valence-electron chi connectivity index (χ4n) is 0.856. The largest absolute Gasteiger partial charge is 0.508 e. The van der Waals surface area contributed by atoms with Gasteiger partial charge in [-0.3, -0.25) is 0 Å². The first-order valence-corrected chi connectivity index (χ1v) is 5.51. The number of hydrogen-bond donors (Lipinski definition) is 4. The summed E-state index contributed by atoms with van der Waals surface area (Å²) >= 11 is 0. The Morgan fingerprint density at radius 3 is 1.06 bits per heavy atom. The quantitative estimate of drug-likeness (QED) is 0.537. The molecule has 0 saturated heterocycles. The van der Waals surface area contributed by atoms with Gasteiger partial charge in [0.15, 0.2) is 0 Å². The van der Waals surface area contributed by atoms with Crippen molar-refractivity contribution in [3.05, 3.63) is 60.7 Å². The molecule has 0 saturated carbocycles. The highest BCUT2D eigenvalue weighted by Gasteiger charge is 1.75. The smallest absolute Gasteiger partial charge is 0.115 e. The number of phenolic OH excluding ortho intramolecular Hbond substituents is 2. The van der Waals surface area contributed by atoms with Gasteiger partial charge in [-0.15, -0.1) is 0 Å². The lowest BCUT2D eigenvalue weighted by Gasteiger charge is -1.83. The average Bonchev–Trinajstić information content (AvgIpc) is 2.31. The van der Waals surface area contributed by atoms with Gasteiger partial charge in [-0.05, 0) is 31.2 Å². The molecule has 0 fully saturated rings. The Kier molecular flexibility index (Phi) is 8.99. The first-order valence-electron chi connectivity index (χ1n) is 5.51. The molecule has 0 bridgehead atoms. The SMILES string of the molecule is CC(N)N.Oc1ccccc1.Oc1ccccc1. The molecule has 4 nitrogen and oxygen atoms in total. The fourth-order valence-corrected chi connectivity index (χ4v) is 0.856. The zero-order chi connectivity index (χ0) is 13.8. The lowest BCUT2D eigenvalue weighted by atomic mass is 10.3. The Hall–Kier alpha value is -2.04. The summed E-state index contributed by atoms with van der Waals surface area (Å²) in [5.41, 5.74) is 9.78. The third kappa shape index (κ3) is 12.0. The summed E-state index contributed by atoms with van der Waals surface area (Å²) in [6.07, 6.45) is -0.167. The normalized spacial score (nSPS) is 8.67. The molecular weight excluding hydrogens is 228 g/mol. The van der Waals surface area contributed by atoms with E-state index in [2.05, 4.69) is 0 Å². The van der Waals surface area contributed by atoms with Crippen molar-refractivity contribution in [2.24, 2.45) is 11.5 Å². The molecule has 0 amide bonds. The second-order valence-electron chi connectivity index (χ2n) is 3.53. The standard InChI is InChI=1S/2C6H6O.C2H8N2/c2*7-6-4-2-1-3-5-6;1-2(3)4/h2*1-5,7H;2H,3-4H2,1H3. The zero-order valence-corrected chi connectivity index (χ0v) is 10.4. The van der Waals surface area contributed by atoms with E-state index in [0.29, 0.717) is 11.5 Å². The van der Waals surface area contributed by atoms with Crippen LogP contribution in [0.1, 0.15) is 6.92 Å². The Morgan fingerprint density at radius 2 is 0.944 bits per heavy atom. The monoisotopic (exact) mass is 248 g/mol. The molecule has 18 heavy (non-hydrogen) atoms. The summed E-state index contributed by atoms with van der Waals surface area (Å²) in [6.45, 7) is 1.72. The van der Waals surface area contributed by atoms with Crippen molar-refractivity contribution in [2.45, 2.75) is 13.1 Å². The van der Waals surface area contributed by atoms with Crippen LogP contribution in [0.2, 0.25) is 0 Å². The average molecular weight is 248 g/mol. The van der Waals surface area contributed by atoms with E-state index in [9.17, 15) is 0 Å². The van der Waals surface area contributed by atoms with Crippen LogP contribution in [0, 0.1) is 0 Å².